The van der Waals surface area contributed by atoms with E-state index in [2.05, 4.69) is 4.99 Å². The minimum atomic E-state index is -3.48. The lowest BCUT2D eigenvalue weighted by atomic mass is 10.3. The summed E-state index contributed by atoms with van der Waals surface area (Å²) < 4.78 is 26.1. The Labute approximate surface area is 144 Å². The number of nitro groups is 1. The number of hydrogen-bond donors (Lipinski definition) is 0. The molecule has 24 heavy (non-hydrogen) atoms. The highest BCUT2D eigenvalue weighted by Crippen LogP contribution is 2.24. The second-order valence-electron chi connectivity index (χ2n) is 4.77. The Morgan fingerprint density at radius 1 is 1.17 bits per heavy atom. The SMILES string of the molecule is CCN(CC)S(=O)(=O)c1ccc(N=Cc2ccc([N+](=O)[O-])s2)cc1. The number of nitrogens with zero attached hydrogens (tertiary/aromatic N) is 3. The van der Waals surface area contributed by atoms with Crippen molar-refractivity contribution < 1.29 is 13.3 Å². The van der Waals surface area contributed by atoms with Crippen molar-refractivity contribution in [2.75, 3.05) is 13.1 Å². The number of thiophene rings is 1. The Balaban J connectivity index is 2.17. The van der Waals surface area contributed by atoms with Crippen molar-refractivity contribution in [3.8, 4) is 0 Å². The number of benzene rings is 1. The zero-order valence-corrected chi connectivity index (χ0v) is 14.9. The van der Waals surface area contributed by atoms with Crippen LogP contribution in [-0.4, -0.2) is 37.0 Å². The summed E-state index contributed by atoms with van der Waals surface area (Å²) in [5.74, 6) is 0. The molecule has 0 fully saturated rings. The first-order valence-electron chi connectivity index (χ1n) is 7.27. The van der Waals surface area contributed by atoms with E-state index in [4.69, 9.17) is 0 Å². The van der Waals surface area contributed by atoms with Crippen LogP contribution in [0.2, 0.25) is 0 Å². The summed E-state index contributed by atoms with van der Waals surface area (Å²) in [4.78, 5) is 15.3. The highest BCUT2D eigenvalue weighted by atomic mass is 32.2. The maximum atomic E-state index is 12.4. The van der Waals surface area contributed by atoms with Gasteiger partial charge in [0.15, 0.2) is 0 Å². The van der Waals surface area contributed by atoms with Crippen molar-refractivity contribution >= 4 is 38.3 Å². The Morgan fingerprint density at radius 2 is 1.79 bits per heavy atom. The van der Waals surface area contributed by atoms with E-state index in [0.717, 1.165) is 11.3 Å². The number of hydrogen-bond acceptors (Lipinski definition) is 6. The zero-order chi connectivity index (χ0) is 17.7. The van der Waals surface area contributed by atoms with Gasteiger partial charge in [-0.05, 0) is 30.3 Å². The van der Waals surface area contributed by atoms with Gasteiger partial charge in [0.2, 0.25) is 10.0 Å². The van der Waals surface area contributed by atoms with Gasteiger partial charge in [-0.3, -0.25) is 15.1 Å². The van der Waals surface area contributed by atoms with Gasteiger partial charge in [0.25, 0.3) is 0 Å². The van der Waals surface area contributed by atoms with E-state index in [-0.39, 0.29) is 9.90 Å². The summed E-state index contributed by atoms with van der Waals surface area (Å²) >= 11 is 1.03. The van der Waals surface area contributed by atoms with E-state index < -0.39 is 14.9 Å². The molecule has 0 atom stereocenters. The van der Waals surface area contributed by atoms with E-state index in [0.29, 0.717) is 23.7 Å². The number of rotatable bonds is 7. The fourth-order valence-corrected chi connectivity index (χ4v) is 4.22. The van der Waals surface area contributed by atoms with Crippen LogP contribution in [0.25, 0.3) is 0 Å². The maximum absolute atomic E-state index is 12.4. The van der Waals surface area contributed by atoms with Crippen molar-refractivity contribution in [3.05, 3.63) is 51.4 Å². The van der Waals surface area contributed by atoms with E-state index in [9.17, 15) is 18.5 Å². The van der Waals surface area contributed by atoms with Crippen LogP contribution in [-0.2, 0) is 10.0 Å². The molecule has 2 aromatic rings. The molecule has 1 aromatic heterocycles. The van der Waals surface area contributed by atoms with Crippen molar-refractivity contribution in [3.63, 3.8) is 0 Å². The van der Waals surface area contributed by atoms with Crippen LogP contribution in [0.1, 0.15) is 18.7 Å². The minimum Gasteiger partial charge on any atom is -0.258 e. The summed E-state index contributed by atoms with van der Waals surface area (Å²) in [5, 5.41) is 10.7. The van der Waals surface area contributed by atoms with Crippen LogP contribution in [0, 0.1) is 10.1 Å². The van der Waals surface area contributed by atoms with Crippen LogP contribution < -0.4 is 0 Å². The molecule has 1 aromatic carbocycles. The monoisotopic (exact) mass is 367 g/mol. The molecule has 128 valence electrons. The topological polar surface area (TPSA) is 92.9 Å². The van der Waals surface area contributed by atoms with Gasteiger partial charge in [0, 0.05) is 25.4 Å². The predicted molar refractivity (Wildman–Crippen MR) is 94.8 cm³/mol. The Morgan fingerprint density at radius 3 is 2.29 bits per heavy atom. The molecule has 2 rings (SSSR count). The van der Waals surface area contributed by atoms with Gasteiger partial charge in [0.05, 0.1) is 20.4 Å². The molecule has 7 nitrogen and oxygen atoms in total. The molecule has 0 saturated heterocycles. The van der Waals surface area contributed by atoms with Crippen molar-refractivity contribution in [2.45, 2.75) is 18.7 Å². The normalized spacial score (nSPS) is 12.1. The van der Waals surface area contributed by atoms with Gasteiger partial charge in [-0.2, -0.15) is 4.31 Å². The molecule has 9 heteroatoms. The quantitative estimate of drug-likeness (QED) is 0.426. The summed E-state index contributed by atoms with van der Waals surface area (Å²) in [6.45, 7) is 4.41. The molecule has 0 N–H and O–H groups in total. The predicted octanol–water partition coefficient (Wildman–Crippen LogP) is 3.44. The molecular formula is C15H17N3O4S2. The third-order valence-corrected chi connectivity index (χ3v) is 6.35. The first-order chi connectivity index (χ1) is 11.4. The van der Waals surface area contributed by atoms with Crippen molar-refractivity contribution in [2.24, 2.45) is 4.99 Å². The average Bonchev–Trinajstić information content (AvgIpc) is 3.03. The number of aliphatic imine (C=N–C) groups is 1. The minimum absolute atomic E-state index is 0.0529. The van der Waals surface area contributed by atoms with Gasteiger partial charge in [0.1, 0.15) is 0 Å². The maximum Gasteiger partial charge on any atom is 0.324 e. The van der Waals surface area contributed by atoms with Crippen molar-refractivity contribution in [1.82, 2.24) is 4.31 Å². The highest BCUT2D eigenvalue weighted by molar-refractivity contribution is 7.89. The molecule has 0 aliphatic rings. The average molecular weight is 367 g/mol. The van der Waals surface area contributed by atoms with Gasteiger partial charge < -0.3 is 0 Å². The Hall–Kier alpha value is -2.10. The third-order valence-electron chi connectivity index (χ3n) is 3.31. The highest BCUT2D eigenvalue weighted by Gasteiger charge is 2.21. The molecule has 0 aliphatic heterocycles. The lowest BCUT2D eigenvalue weighted by molar-refractivity contribution is -0.380. The first kappa shape index (κ1) is 18.2. The fourth-order valence-electron chi connectivity index (χ4n) is 2.06. The second-order valence-corrected chi connectivity index (χ2v) is 7.81. The van der Waals surface area contributed by atoms with Crippen LogP contribution in [0.3, 0.4) is 0 Å². The molecule has 0 aliphatic carbocycles. The van der Waals surface area contributed by atoms with Crippen molar-refractivity contribution in [1.29, 1.82) is 0 Å². The van der Waals surface area contributed by atoms with Gasteiger partial charge in [-0.15, -0.1) is 0 Å². The molecule has 0 spiro atoms. The smallest absolute Gasteiger partial charge is 0.258 e. The molecule has 0 amide bonds. The molecular weight excluding hydrogens is 350 g/mol. The van der Waals surface area contributed by atoms with E-state index in [1.54, 1.807) is 32.0 Å². The fraction of sp³-hybridized carbons (Fsp3) is 0.267. The first-order valence-corrected chi connectivity index (χ1v) is 9.52. The Bertz CT molecular complexity index is 838. The second kappa shape index (κ2) is 7.65. The van der Waals surface area contributed by atoms with E-state index in [1.165, 1.54) is 28.7 Å². The summed E-state index contributed by atoms with van der Waals surface area (Å²) in [7, 11) is -3.48. The van der Waals surface area contributed by atoms with Gasteiger partial charge >= 0.3 is 5.00 Å². The van der Waals surface area contributed by atoms with E-state index in [1.807, 2.05) is 0 Å². The molecule has 0 bridgehead atoms. The zero-order valence-electron chi connectivity index (χ0n) is 13.2. The summed E-state index contributed by atoms with van der Waals surface area (Å²) in [6.07, 6.45) is 1.52. The Kier molecular flexibility index (Phi) is 5.81. The molecule has 0 unspecified atom stereocenters. The number of sulfonamides is 1. The molecule has 1 heterocycles. The largest absolute Gasteiger partial charge is 0.324 e. The summed E-state index contributed by atoms with van der Waals surface area (Å²) in [6, 6.07) is 9.27. The molecule has 0 radical (unpaired) electrons. The molecule has 0 saturated carbocycles. The lowest BCUT2D eigenvalue weighted by Gasteiger charge is -2.18. The van der Waals surface area contributed by atoms with Crippen LogP contribution in [0.5, 0.6) is 0 Å². The van der Waals surface area contributed by atoms with Gasteiger partial charge in [-0.1, -0.05) is 25.2 Å². The summed E-state index contributed by atoms with van der Waals surface area (Å²) in [5.41, 5.74) is 0.574. The van der Waals surface area contributed by atoms with Crippen LogP contribution in [0.15, 0.2) is 46.3 Å². The van der Waals surface area contributed by atoms with E-state index >= 15 is 0 Å². The third kappa shape index (κ3) is 4.05. The standard InChI is InChI=1S/C15H17N3O4S2/c1-3-17(4-2)24(21,22)14-8-5-12(6-9-14)16-11-13-7-10-15(23-13)18(19)20/h5-11H,3-4H2,1-2H3. The van der Waals surface area contributed by atoms with Crippen LogP contribution in [0.4, 0.5) is 10.7 Å². The van der Waals surface area contributed by atoms with Crippen LogP contribution >= 0.6 is 11.3 Å². The van der Waals surface area contributed by atoms with Gasteiger partial charge in [-0.25, -0.2) is 8.42 Å². The lowest BCUT2D eigenvalue weighted by Crippen LogP contribution is -2.30.